The third kappa shape index (κ3) is 3.87. The highest BCUT2D eigenvalue weighted by Gasteiger charge is 2.13. The molecular weight excluding hydrogens is 358 g/mol. The summed E-state index contributed by atoms with van der Waals surface area (Å²) in [5, 5.41) is 7.74. The van der Waals surface area contributed by atoms with Crippen molar-refractivity contribution in [3.8, 4) is 0 Å². The molecule has 0 aliphatic heterocycles. The van der Waals surface area contributed by atoms with Crippen molar-refractivity contribution in [2.75, 3.05) is 5.32 Å². The van der Waals surface area contributed by atoms with Crippen molar-refractivity contribution in [1.29, 1.82) is 0 Å². The van der Waals surface area contributed by atoms with Crippen LogP contribution in [0.2, 0.25) is 0 Å². The number of sulfonamides is 1. The van der Waals surface area contributed by atoms with E-state index < -0.39 is 10.0 Å². The van der Waals surface area contributed by atoms with Crippen LogP contribution in [0.3, 0.4) is 0 Å². The van der Waals surface area contributed by atoms with Gasteiger partial charge in [0.05, 0.1) is 4.90 Å². The smallest absolute Gasteiger partial charge is 0.255 e. The number of benzene rings is 1. The van der Waals surface area contributed by atoms with Gasteiger partial charge in [0.25, 0.3) is 5.91 Å². The molecule has 21 heavy (non-hydrogen) atoms. The first kappa shape index (κ1) is 15.6. The average molecular weight is 370 g/mol. The molecule has 0 fully saturated rings. The zero-order valence-electron chi connectivity index (χ0n) is 11.0. The number of anilines is 1. The number of hydrogen-bond acceptors (Lipinski definition) is 4. The second kappa shape index (κ2) is 5.92. The van der Waals surface area contributed by atoms with Crippen LogP contribution in [-0.4, -0.2) is 19.3 Å². The fourth-order valence-electron chi connectivity index (χ4n) is 1.65. The van der Waals surface area contributed by atoms with Crippen LogP contribution in [0.1, 0.15) is 15.9 Å². The molecule has 8 heteroatoms. The maximum atomic E-state index is 12.1. The van der Waals surface area contributed by atoms with Crippen LogP contribution in [0.25, 0.3) is 0 Å². The summed E-state index contributed by atoms with van der Waals surface area (Å²) in [4.78, 5) is 16.0. The van der Waals surface area contributed by atoms with Gasteiger partial charge in [0.1, 0.15) is 4.60 Å². The van der Waals surface area contributed by atoms with Crippen molar-refractivity contribution in [2.45, 2.75) is 11.8 Å². The Morgan fingerprint density at radius 1 is 1.29 bits per heavy atom. The number of nitrogens with zero attached hydrogens (tertiary/aromatic N) is 1. The molecule has 2 aromatic rings. The van der Waals surface area contributed by atoms with Crippen molar-refractivity contribution >= 4 is 37.5 Å². The van der Waals surface area contributed by atoms with E-state index in [1.807, 2.05) is 0 Å². The van der Waals surface area contributed by atoms with Gasteiger partial charge in [-0.15, -0.1) is 0 Å². The van der Waals surface area contributed by atoms with Crippen LogP contribution in [0, 0.1) is 6.92 Å². The van der Waals surface area contributed by atoms with Gasteiger partial charge in [0.2, 0.25) is 10.0 Å². The predicted molar refractivity (Wildman–Crippen MR) is 82.4 cm³/mol. The number of primary sulfonamides is 1. The topological polar surface area (TPSA) is 102 Å². The minimum Gasteiger partial charge on any atom is -0.322 e. The standard InChI is InChI=1S/C13H12BrN3O3S/c1-8-2-3-10(21(15,19)20)7-11(8)17-13(18)9-4-5-16-12(14)6-9/h2-7H,1H3,(H,17,18)(H2,15,19,20). The molecule has 3 N–H and O–H groups in total. The number of rotatable bonds is 3. The van der Waals surface area contributed by atoms with E-state index in [9.17, 15) is 13.2 Å². The molecule has 0 unspecified atom stereocenters. The third-order valence-electron chi connectivity index (χ3n) is 2.77. The molecule has 0 saturated heterocycles. The monoisotopic (exact) mass is 369 g/mol. The number of pyridine rings is 1. The van der Waals surface area contributed by atoms with Crippen molar-refractivity contribution in [3.63, 3.8) is 0 Å². The summed E-state index contributed by atoms with van der Waals surface area (Å²) in [6.45, 7) is 1.75. The second-order valence-electron chi connectivity index (χ2n) is 4.34. The van der Waals surface area contributed by atoms with Gasteiger partial charge in [-0.2, -0.15) is 0 Å². The Kier molecular flexibility index (Phi) is 4.40. The average Bonchev–Trinajstić information content (AvgIpc) is 2.40. The van der Waals surface area contributed by atoms with E-state index in [0.717, 1.165) is 5.56 Å². The van der Waals surface area contributed by atoms with Crippen LogP contribution in [0.5, 0.6) is 0 Å². The first-order valence-electron chi connectivity index (χ1n) is 5.84. The highest BCUT2D eigenvalue weighted by atomic mass is 79.9. The second-order valence-corrected chi connectivity index (χ2v) is 6.72. The lowest BCUT2D eigenvalue weighted by Gasteiger charge is -2.10. The Morgan fingerprint density at radius 2 is 2.00 bits per heavy atom. The SMILES string of the molecule is Cc1ccc(S(N)(=O)=O)cc1NC(=O)c1ccnc(Br)c1. The summed E-state index contributed by atoms with van der Waals surface area (Å²) < 4.78 is 23.2. The maximum Gasteiger partial charge on any atom is 0.255 e. The van der Waals surface area contributed by atoms with Gasteiger partial charge in [-0.1, -0.05) is 6.07 Å². The van der Waals surface area contributed by atoms with E-state index in [4.69, 9.17) is 5.14 Å². The summed E-state index contributed by atoms with van der Waals surface area (Å²) in [5.41, 5.74) is 1.51. The molecule has 0 aliphatic carbocycles. The molecule has 0 bridgehead atoms. The number of aryl methyl sites for hydroxylation is 1. The molecule has 0 radical (unpaired) electrons. The first-order chi connectivity index (χ1) is 9.77. The van der Waals surface area contributed by atoms with E-state index in [0.29, 0.717) is 15.9 Å². The van der Waals surface area contributed by atoms with Crippen molar-refractivity contribution < 1.29 is 13.2 Å². The highest BCUT2D eigenvalue weighted by molar-refractivity contribution is 9.10. The van der Waals surface area contributed by atoms with Gasteiger partial charge in [-0.05, 0) is 52.7 Å². The van der Waals surface area contributed by atoms with Gasteiger partial charge in [0.15, 0.2) is 0 Å². The lowest BCUT2D eigenvalue weighted by atomic mass is 10.2. The van der Waals surface area contributed by atoms with E-state index in [1.54, 1.807) is 25.1 Å². The predicted octanol–water partition coefficient (Wildman–Crippen LogP) is 2.05. The summed E-state index contributed by atoms with van der Waals surface area (Å²) in [6.07, 6.45) is 1.49. The number of nitrogens with one attached hydrogen (secondary N) is 1. The van der Waals surface area contributed by atoms with Crippen molar-refractivity contribution in [1.82, 2.24) is 4.98 Å². The Labute approximate surface area is 130 Å². The van der Waals surface area contributed by atoms with Crippen molar-refractivity contribution in [2.24, 2.45) is 5.14 Å². The normalized spacial score (nSPS) is 11.2. The summed E-state index contributed by atoms with van der Waals surface area (Å²) >= 11 is 3.18. The number of amides is 1. The Hall–Kier alpha value is -1.77. The fourth-order valence-corrected chi connectivity index (χ4v) is 2.56. The minimum atomic E-state index is -3.82. The van der Waals surface area contributed by atoms with E-state index in [1.165, 1.54) is 18.3 Å². The molecule has 0 spiro atoms. The molecule has 0 saturated carbocycles. The zero-order valence-corrected chi connectivity index (χ0v) is 13.4. The number of carbonyl (C=O) groups excluding carboxylic acids is 1. The summed E-state index contributed by atoms with van der Waals surface area (Å²) in [7, 11) is -3.82. The number of hydrogen-bond donors (Lipinski definition) is 2. The van der Waals surface area contributed by atoms with Crippen LogP contribution in [0.4, 0.5) is 5.69 Å². The molecule has 1 heterocycles. The molecule has 1 amide bonds. The lowest BCUT2D eigenvalue weighted by molar-refractivity contribution is 0.102. The van der Waals surface area contributed by atoms with Gasteiger partial charge in [0, 0.05) is 17.4 Å². The van der Waals surface area contributed by atoms with Crippen molar-refractivity contribution in [3.05, 3.63) is 52.3 Å². The van der Waals surface area contributed by atoms with E-state index in [-0.39, 0.29) is 10.8 Å². The summed E-state index contributed by atoms with van der Waals surface area (Å²) in [6, 6.07) is 7.42. The Bertz CT molecular complexity index is 806. The van der Waals surface area contributed by atoms with E-state index >= 15 is 0 Å². The van der Waals surface area contributed by atoms with E-state index in [2.05, 4.69) is 26.2 Å². The molecule has 2 rings (SSSR count). The molecular formula is C13H12BrN3O3S. The summed E-state index contributed by atoms with van der Waals surface area (Å²) in [5.74, 6) is -0.368. The number of aromatic nitrogens is 1. The van der Waals surface area contributed by atoms with Crippen LogP contribution < -0.4 is 10.5 Å². The Balaban J connectivity index is 2.33. The first-order valence-corrected chi connectivity index (χ1v) is 8.17. The Morgan fingerprint density at radius 3 is 2.62 bits per heavy atom. The number of nitrogens with two attached hydrogens (primary N) is 1. The molecule has 1 aromatic heterocycles. The van der Waals surface area contributed by atoms with Gasteiger partial charge < -0.3 is 5.32 Å². The number of carbonyl (C=O) groups is 1. The van der Waals surface area contributed by atoms with Gasteiger partial charge in [-0.3, -0.25) is 4.79 Å². The molecule has 110 valence electrons. The van der Waals surface area contributed by atoms with Crippen LogP contribution in [0.15, 0.2) is 46.0 Å². The third-order valence-corrected chi connectivity index (χ3v) is 4.12. The van der Waals surface area contributed by atoms with Crippen LogP contribution >= 0.6 is 15.9 Å². The molecule has 0 atom stereocenters. The van der Waals surface area contributed by atoms with Crippen LogP contribution in [-0.2, 0) is 10.0 Å². The lowest BCUT2D eigenvalue weighted by Crippen LogP contribution is -2.15. The fraction of sp³-hybridized carbons (Fsp3) is 0.0769. The number of halogens is 1. The minimum absolute atomic E-state index is 0.0562. The van der Waals surface area contributed by atoms with Gasteiger partial charge >= 0.3 is 0 Å². The molecule has 0 aliphatic rings. The molecule has 6 nitrogen and oxygen atoms in total. The van der Waals surface area contributed by atoms with Gasteiger partial charge in [-0.25, -0.2) is 18.5 Å². The molecule has 1 aromatic carbocycles. The zero-order chi connectivity index (χ0) is 15.6. The largest absolute Gasteiger partial charge is 0.322 e. The highest BCUT2D eigenvalue weighted by Crippen LogP contribution is 2.20. The quantitative estimate of drug-likeness (QED) is 0.808. The maximum absolute atomic E-state index is 12.1.